The van der Waals surface area contributed by atoms with E-state index in [0.29, 0.717) is 11.5 Å². The van der Waals surface area contributed by atoms with E-state index < -0.39 is 11.8 Å². The number of hydrogen-bond acceptors (Lipinski definition) is 4. The van der Waals surface area contributed by atoms with Crippen LogP contribution in [0.5, 0.6) is 0 Å². The van der Waals surface area contributed by atoms with Gasteiger partial charge in [0.05, 0.1) is 5.69 Å². The molecule has 0 aliphatic carbocycles. The van der Waals surface area contributed by atoms with Crippen molar-refractivity contribution >= 4 is 17.6 Å². The SMILES string of the molecule is Cn1nc(C(N)=O)cc1NC(=O)c1cccc(-c2ccccc2)n1. The van der Waals surface area contributed by atoms with Gasteiger partial charge in [0, 0.05) is 18.7 Å². The number of aromatic nitrogens is 3. The maximum atomic E-state index is 12.4. The highest BCUT2D eigenvalue weighted by Crippen LogP contribution is 2.17. The number of hydrogen-bond donors (Lipinski definition) is 2. The minimum atomic E-state index is -0.657. The highest BCUT2D eigenvalue weighted by Gasteiger charge is 2.14. The van der Waals surface area contributed by atoms with Crippen molar-refractivity contribution in [2.45, 2.75) is 0 Å². The zero-order valence-electron chi connectivity index (χ0n) is 12.9. The van der Waals surface area contributed by atoms with E-state index in [1.54, 1.807) is 19.2 Å². The van der Waals surface area contributed by atoms with Gasteiger partial charge in [-0.25, -0.2) is 4.98 Å². The van der Waals surface area contributed by atoms with E-state index in [1.165, 1.54) is 10.7 Å². The molecular formula is C17H15N5O2. The van der Waals surface area contributed by atoms with Gasteiger partial charge in [-0.15, -0.1) is 0 Å². The molecule has 7 heteroatoms. The molecular weight excluding hydrogens is 306 g/mol. The summed E-state index contributed by atoms with van der Waals surface area (Å²) >= 11 is 0. The molecule has 0 fully saturated rings. The summed E-state index contributed by atoms with van der Waals surface area (Å²) < 4.78 is 1.37. The predicted molar refractivity (Wildman–Crippen MR) is 89.4 cm³/mol. The van der Waals surface area contributed by atoms with Crippen LogP contribution in [0.4, 0.5) is 5.82 Å². The maximum Gasteiger partial charge on any atom is 0.275 e. The third kappa shape index (κ3) is 3.14. The van der Waals surface area contributed by atoms with E-state index in [1.807, 2.05) is 36.4 Å². The Hall–Kier alpha value is -3.48. The molecule has 3 N–H and O–H groups in total. The fourth-order valence-electron chi connectivity index (χ4n) is 2.22. The molecule has 24 heavy (non-hydrogen) atoms. The van der Waals surface area contributed by atoms with Crippen molar-refractivity contribution < 1.29 is 9.59 Å². The molecule has 0 saturated carbocycles. The normalized spacial score (nSPS) is 10.4. The van der Waals surface area contributed by atoms with E-state index >= 15 is 0 Å². The van der Waals surface area contributed by atoms with Crippen LogP contribution in [0.1, 0.15) is 21.0 Å². The van der Waals surface area contributed by atoms with Gasteiger partial charge in [0.15, 0.2) is 5.69 Å². The van der Waals surface area contributed by atoms with Gasteiger partial charge in [-0.2, -0.15) is 5.10 Å². The first kappa shape index (κ1) is 15.4. The van der Waals surface area contributed by atoms with Gasteiger partial charge >= 0.3 is 0 Å². The highest BCUT2D eigenvalue weighted by molar-refractivity contribution is 6.03. The molecule has 2 aromatic heterocycles. The van der Waals surface area contributed by atoms with Gasteiger partial charge in [-0.05, 0) is 12.1 Å². The highest BCUT2D eigenvalue weighted by atomic mass is 16.2. The Balaban J connectivity index is 1.85. The number of anilines is 1. The number of nitrogens with two attached hydrogens (primary N) is 1. The summed E-state index contributed by atoms with van der Waals surface area (Å²) in [5.41, 5.74) is 7.15. The molecule has 2 amide bonds. The van der Waals surface area contributed by atoms with E-state index in [4.69, 9.17) is 5.73 Å². The van der Waals surface area contributed by atoms with Crippen LogP contribution in [0.3, 0.4) is 0 Å². The van der Waals surface area contributed by atoms with Crippen LogP contribution >= 0.6 is 0 Å². The van der Waals surface area contributed by atoms with E-state index in [2.05, 4.69) is 15.4 Å². The molecule has 2 heterocycles. The summed E-state index contributed by atoms with van der Waals surface area (Å²) in [6.07, 6.45) is 0. The topological polar surface area (TPSA) is 103 Å². The average molecular weight is 321 g/mol. The van der Waals surface area contributed by atoms with Crippen LogP contribution in [0.2, 0.25) is 0 Å². The van der Waals surface area contributed by atoms with Crippen molar-refractivity contribution in [2.75, 3.05) is 5.32 Å². The number of amides is 2. The Bertz CT molecular complexity index is 902. The van der Waals surface area contributed by atoms with Gasteiger partial charge in [0.25, 0.3) is 11.8 Å². The van der Waals surface area contributed by atoms with Gasteiger partial charge in [0.1, 0.15) is 11.5 Å². The molecule has 0 aliphatic rings. The quantitative estimate of drug-likeness (QED) is 0.765. The van der Waals surface area contributed by atoms with E-state index in [9.17, 15) is 9.59 Å². The molecule has 3 aromatic rings. The Kier molecular flexibility index (Phi) is 4.07. The molecule has 7 nitrogen and oxygen atoms in total. The number of primary amides is 1. The summed E-state index contributed by atoms with van der Waals surface area (Å²) in [5.74, 6) is -0.692. The molecule has 0 radical (unpaired) electrons. The monoisotopic (exact) mass is 321 g/mol. The lowest BCUT2D eigenvalue weighted by atomic mass is 10.1. The zero-order chi connectivity index (χ0) is 17.1. The number of carbonyl (C=O) groups excluding carboxylic acids is 2. The fraction of sp³-hybridized carbons (Fsp3) is 0.0588. The number of carbonyl (C=O) groups is 2. The molecule has 0 bridgehead atoms. The van der Waals surface area contributed by atoms with Crippen molar-refractivity contribution in [1.29, 1.82) is 0 Å². The molecule has 0 atom stereocenters. The minimum Gasteiger partial charge on any atom is -0.364 e. The van der Waals surface area contributed by atoms with Gasteiger partial charge in [0.2, 0.25) is 0 Å². The summed E-state index contributed by atoms with van der Waals surface area (Å²) in [6, 6.07) is 16.2. The molecule has 0 aliphatic heterocycles. The number of nitrogens with one attached hydrogen (secondary N) is 1. The number of nitrogens with zero attached hydrogens (tertiary/aromatic N) is 3. The average Bonchev–Trinajstić information content (AvgIpc) is 2.97. The second-order valence-electron chi connectivity index (χ2n) is 5.13. The van der Waals surface area contributed by atoms with Crippen LogP contribution in [-0.4, -0.2) is 26.6 Å². The van der Waals surface area contributed by atoms with Crippen LogP contribution in [0.25, 0.3) is 11.3 Å². The summed E-state index contributed by atoms with van der Waals surface area (Å²) in [4.78, 5) is 27.9. The van der Waals surface area contributed by atoms with Crippen LogP contribution in [-0.2, 0) is 7.05 Å². The van der Waals surface area contributed by atoms with Crippen molar-refractivity contribution in [2.24, 2.45) is 12.8 Å². The van der Waals surface area contributed by atoms with E-state index in [-0.39, 0.29) is 11.4 Å². The Labute approximate surface area is 138 Å². The van der Waals surface area contributed by atoms with Gasteiger partial charge < -0.3 is 11.1 Å². The first-order valence-electron chi connectivity index (χ1n) is 7.22. The molecule has 3 rings (SSSR count). The smallest absolute Gasteiger partial charge is 0.275 e. The lowest BCUT2D eigenvalue weighted by molar-refractivity contribution is 0.0992. The number of pyridine rings is 1. The standard InChI is InChI=1S/C17H15N5O2/c1-22-15(10-14(21-22)16(18)23)20-17(24)13-9-5-8-12(19-13)11-6-3-2-4-7-11/h2-10H,1H3,(H2,18,23)(H,20,24). The molecule has 0 spiro atoms. The van der Waals surface area contributed by atoms with Crippen LogP contribution in [0, 0.1) is 0 Å². The van der Waals surface area contributed by atoms with Crippen molar-refractivity contribution in [3.63, 3.8) is 0 Å². The van der Waals surface area contributed by atoms with Crippen LogP contribution < -0.4 is 11.1 Å². The predicted octanol–water partition coefficient (Wildman–Crippen LogP) is 1.83. The molecule has 1 aromatic carbocycles. The second kappa shape index (κ2) is 6.33. The maximum absolute atomic E-state index is 12.4. The molecule has 120 valence electrons. The number of aryl methyl sites for hydroxylation is 1. The third-order valence-electron chi connectivity index (χ3n) is 3.43. The lowest BCUT2D eigenvalue weighted by Crippen LogP contribution is -2.16. The van der Waals surface area contributed by atoms with Crippen molar-refractivity contribution in [3.05, 3.63) is 66.0 Å². The zero-order valence-corrected chi connectivity index (χ0v) is 12.9. The first-order chi connectivity index (χ1) is 11.5. The fourth-order valence-corrected chi connectivity index (χ4v) is 2.22. The summed E-state index contributed by atoms with van der Waals surface area (Å²) in [7, 11) is 1.61. The molecule has 0 saturated heterocycles. The number of benzene rings is 1. The summed E-state index contributed by atoms with van der Waals surface area (Å²) in [5, 5.41) is 6.60. The van der Waals surface area contributed by atoms with E-state index in [0.717, 1.165) is 5.56 Å². The third-order valence-corrected chi connectivity index (χ3v) is 3.43. The molecule has 0 unspecified atom stereocenters. The van der Waals surface area contributed by atoms with Crippen LogP contribution in [0.15, 0.2) is 54.6 Å². The van der Waals surface area contributed by atoms with Gasteiger partial charge in [-0.3, -0.25) is 14.3 Å². The summed E-state index contributed by atoms with van der Waals surface area (Å²) in [6.45, 7) is 0. The van der Waals surface area contributed by atoms with Crippen molar-refractivity contribution in [1.82, 2.24) is 14.8 Å². The second-order valence-corrected chi connectivity index (χ2v) is 5.13. The minimum absolute atomic E-state index is 0.0822. The lowest BCUT2D eigenvalue weighted by Gasteiger charge is -2.06. The number of rotatable bonds is 4. The van der Waals surface area contributed by atoms with Crippen molar-refractivity contribution in [3.8, 4) is 11.3 Å². The van der Waals surface area contributed by atoms with Gasteiger partial charge in [-0.1, -0.05) is 36.4 Å². The Morgan fingerprint density at radius 2 is 1.79 bits per heavy atom. The first-order valence-corrected chi connectivity index (χ1v) is 7.22. The Morgan fingerprint density at radius 1 is 1.04 bits per heavy atom. The Morgan fingerprint density at radius 3 is 2.46 bits per heavy atom. The largest absolute Gasteiger partial charge is 0.364 e.